The predicted molar refractivity (Wildman–Crippen MR) is 42.1 cm³/mol. The van der Waals surface area contributed by atoms with Crippen molar-refractivity contribution in [2.75, 3.05) is 0 Å². The lowest BCUT2D eigenvalue weighted by Crippen LogP contribution is -2.32. The summed E-state index contributed by atoms with van der Waals surface area (Å²) in [6.07, 6.45) is 1.18. The summed E-state index contributed by atoms with van der Waals surface area (Å²) in [5, 5.41) is 0. The van der Waals surface area contributed by atoms with Gasteiger partial charge in [-0.25, -0.2) is 0 Å². The maximum absolute atomic E-state index is 3.94. The molecule has 0 aliphatic carbocycles. The second-order valence-corrected chi connectivity index (χ2v) is 2.87. The standard InChI is InChI=1S/C8H18N/c1-6-8(4)9(5)7(2)3/h7-8H,5-6H2,1-4H3. The number of hydrogen-bond acceptors (Lipinski definition) is 1. The molecule has 0 aliphatic heterocycles. The van der Waals surface area contributed by atoms with E-state index < -0.39 is 0 Å². The molecular formula is C8H18N. The first kappa shape index (κ1) is 8.96. The first-order valence-electron chi connectivity index (χ1n) is 3.68. The fourth-order valence-corrected chi connectivity index (χ4v) is 0.743. The Hall–Kier alpha value is -0.0400. The largest absolute Gasteiger partial charge is 0.297 e. The first-order valence-corrected chi connectivity index (χ1v) is 3.68. The van der Waals surface area contributed by atoms with Crippen molar-refractivity contribution in [2.24, 2.45) is 0 Å². The molecule has 0 bridgehead atoms. The van der Waals surface area contributed by atoms with Crippen molar-refractivity contribution < 1.29 is 0 Å². The van der Waals surface area contributed by atoms with Crippen LogP contribution in [0.25, 0.3) is 0 Å². The number of rotatable bonds is 3. The number of hydrogen-bond donors (Lipinski definition) is 0. The van der Waals surface area contributed by atoms with E-state index in [2.05, 4.69) is 39.6 Å². The molecule has 0 N–H and O–H groups in total. The first-order chi connectivity index (χ1) is 4.09. The van der Waals surface area contributed by atoms with Gasteiger partial charge < -0.3 is 0 Å². The smallest absolute Gasteiger partial charge is 0.0115 e. The van der Waals surface area contributed by atoms with Crippen molar-refractivity contribution in [1.29, 1.82) is 0 Å². The third-order valence-electron chi connectivity index (χ3n) is 1.82. The Balaban J connectivity index is 3.58. The van der Waals surface area contributed by atoms with Gasteiger partial charge in [0.05, 0.1) is 0 Å². The second-order valence-electron chi connectivity index (χ2n) is 2.87. The zero-order valence-electron chi connectivity index (χ0n) is 7.02. The van der Waals surface area contributed by atoms with Gasteiger partial charge >= 0.3 is 0 Å². The highest BCUT2D eigenvalue weighted by Gasteiger charge is 2.08. The molecule has 0 aliphatic rings. The summed E-state index contributed by atoms with van der Waals surface area (Å²) in [6, 6.07) is 1.19. The van der Waals surface area contributed by atoms with Crippen LogP contribution in [0.1, 0.15) is 34.1 Å². The molecule has 0 rings (SSSR count). The molecule has 55 valence electrons. The zero-order valence-corrected chi connectivity index (χ0v) is 7.02. The lowest BCUT2D eigenvalue weighted by atomic mass is 10.2. The van der Waals surface area contributed by atoms with Crippen LogP contribution in [0.3, 0.4) is 0 Å². The van der Waals surface area contributed by atoms with Crippen LogP contribution in [0, 0.1) is 7.05 Å². The molecule has 0 aromatic heterocycles. The Morgan fingerprint density at radius 1 is 1.33 bits per heavy atom. The van der Waals surface area contributed by atoms with E-state index in [1.54, 1.807) is 0 Å². The van der Waals surface area contributed by atoms with Crippen LogP contribution in [0.4, 0.5) is 0 Å². The highest BCUT2D eigenvalue weighted by Crippen LogP contribution is 2.05. The monoisotopic (exact) mass is 128 g/mol. The molecule has 0 spiro atoms. The molecule has 0 amide bonds. The van der Waals surface area contributed by atoms with Gasteiger partial charge in [0, 0.05) is 19.1 Å². The average molecular weight is 128 g/mol. The predicted octanol–water partition coefficient (Wildman–Crippen LogP) is 2.29. The summed E-state index contributed by atoms with van der Waals surface area (Å²) < 4.78 is 0. The average Bonchev–Trinajstić information content (AvgIpc) is 1.84. The van der Waals surface area contributed by atoms with E-state index in [1.807, 2.05) is 0 Å². The van der Waals surface area contributed by atoms with Gasteiger partial charge in [-0.3, -0.25) is 4.90 Å². The van der Waals surface area contributed by atoms with Gasteiger partial charge in [0.1, 0.15) is 0 Å². The lowest BCUT2D eigenvalue weighted by molar-refractivity contribution is 0.231. The van der Waals surface area contributed by atoms with Gasteiger partial charge in [-0.05, 0) is 27.2 Å². The summed E-state index contributed by atoms with van der Waals surface area (Å²) in [6.45, 7) is 8.72. The Bertz CT molecular complexity index is 69.0. The van der Waals surface area contributed by atoms with Crippen LogP contribution < -0.4 is 0 Å². The Morgan fingerprint density at radius 3 is 1.89 bits per heavy atom. The fraction of sp³-hybridized carbons (Fsp3) is 0.875. The van der Waals surface area contributed by atoms with Gasteiger partial charge in [-0.15, -0.1) is 0 Å². The Labute approximate surface area is 59.1 Å². The molecule has 1 heteroatoms. The Morgan fingerprint density at radius 2 is 1.78 bits per heavy atom. The van der Waals surface area contributed by atoms with Crippen molar-refractivity contribution in [3.63, 3.8) is 0 Å². The van der Waals surface area contributed by atoms with Gasteiger partial charge in [0.15, 0.2) is 0 Å². The molecule has 1 radical (unpaired) electrons. The minimum atomic E-state index is 0.569. The van der Waals surface area contributed by atoms with Crippen LogP contribution >= 0.6 is 0 Å². The maximum Gasteiger partial charge on any atom is 0.0115 e. The van der Waals surface area contributed by atoms with E-state index in [1.165, 1.54) is 6.42 Å². The quantitative estimate of drug-likeness (QED) is 0.563. The third-order valence-corrected chi connectivity index (χ3v) is 1.82. The van der Waals surface area contributed by atoms with Crippen LogP contribution in [0.5, 0.6) is 0 Å². The van der Waals surface area contributed by atoms with Gasteiger partial charge in [-0.2, -0.15) is 0 Å². The van der Waals surface area contributed by atoms with E-state index >= 15 is 0 Å². The van der Waals surface area contributed by atoms with Crippen molar-refractivity contribution in [3.05, 3.63) is 7.05 Å². The number of nitrogens with zero attached hydrogens (tertiary/aromatic N) is 1. The molecular weight excluding hydrogens is 110 g/mol. The van der Waals surface area contributed by atoms with Crippen molar-refractivity contribution in [2.45, 2.75) is 46.2 Å². The molecule has 0 aromatic carbocycles. The summed E-state index contributed by atoms with van der Waals surface area (Å²) >= 11 is 0. The molecule has 0 saturated heterocycles. The van der Waals surface area contributed by atoms with E-state index in [0.717, 1.165) is 0 Å². The lowest BCUT2D eigenvalue weighted by Gasteiger charge is -2.26. The Kier molecular flexibility index (Phi) is 3.87. The summed E-state index contributed by atoms with van der Waals surface area (Å²) in [4.78, 5) is 2.14. The summed E-state index contributed by atoms with van der Waals surface area (Å²) in [7, 11) is 3.94. The minimum absolute atomic E-state index is 0.569. The van der Waals surface area contributed by atoms with Gasteiger partial charge in [0.25, 0.3) is 0 Å². The second kappa shape index (κ2) is 3.89. The highest BCUT2D eigenvalue weighted by molar-refractivity contribution is 4.67. The highest BCUT2D eigenvalue weighted by atomic mass is 15.1. The minimum Gasteiger partial charge on any atom is -0.297 e. The normalized spacial score (nSPS) is 15.0. The molecule has 0 aromatic rings. The van der Waals surface area contributed by atoms with Crippen LogP contribution in [-0.2, 0) is 0 Å². The van der Waals surface area contributed by atoms with Crippen molar-refractivity contribution in [1.82, 2.24) is 4.90 Å². The zero-order chi connectivity index (χ0) is 7.44. The molecule has 1 unspecified atom stereocenters. The van der Waals surface area contributed by atoms with Crippen molar-refractivity contribution >= 4 is 0 Å². The molecule has 1 atom stereocenters. The summed E-state index contributed by atoms with van der Waals surface area (Å²) in [5.41, 5.74) is 0. The van der Waals surface area contributed by atoms with E-state index in [0.29, 0.717) is 12.1 Å². The molecule has 0 heterocycles. The summed E-state index contributed by atoms with van der Waals surface area (Å²) in [5.74, 6) is 0. The van der Waals surface area contributed by atoms with Crippen LogP contribution in [-0.4, -0.2) is 17.0 Å². The van der Waals surface area contributed by atoms with Gasteiger partial charge in [-0.1, -0.05) is 6.92 Å². The third kappa shape index (κ3) is 2.85. The fourth-order valence-electron chi connectivity index (χ4n) is 0.743. The maximum atomic E-state index is 3.94. The van der Waals surface area contributed by atoms with Crippen molar-refractivity contribution in [3.8, 4) is 0 Å². The van der Waals surface area contributed by atoms with E-state index in [-0.39, 0.29) is 0 Å². The molecule has 1 nitrogen and oxygen atoms in total. The van der Waals surface area contributed by atoms with E-state index in [9.17, 15) is 0 Å². The van der Waals surface area contributed by atoms with Crippen LogP contribution in [0.15, 0.2) is 0 Å². The molecule has 0 fully saturated rings. The molecule has 0 saturated carbocycles. The SMILES string of the molecule is [CH2]N(C(C)C)C(C)CC. The molecule has 9 heavy (non-hydrogen) atoms. The van der Waals surface area contributed by atoms with Gasteiger partial charge in [0.2, 0.25) is 0 Å². The van der Waals surface area contributed by atoms with Crippen LogP contribution in [0.2, 0.25) is 0 Å². The topological polar surface area (TPSA) is 3.24 Å². The van der Waals surface area contributed by atoms with E-state index in [4.69, 9.17) is 0 Å².